The molecule has 0 saturated carbocycles. The van der Waals surface area contributed by atoms with Crippen LogP contribution in [0.3, 0.4) is 0 Å². The summed E-state index contributed by atoms with van der Waals surface area (Å²) in [6.45, 7) is 10.5. The molecule has 182 valence electrons. The molecular formula is C30H38O4. The van der Waals surface area contributed by atoms with Crippen molar-refractivity contribution >= 4 is 0 Å². The van der Waals surface area contributed by atoms with E-state index in [9.17, 15) is 0 Å². The summed E-state index contributed by atoms with van der Waals surface area (Å²) in [6.07, 6.45) is 7.94. The lowest BCUT2D eigenvalue weighted by atomic mass is 9.91. The Kier molecular flexibility index (Phi) is 9.52. The number of hydrogen-bond acceptors (Lipinski definition) is 4. The molecule has 2 heterocycles. The maximum Gasteiger partial charge on any atom is 0.0841 e. The molecule has 2 aromatic carbocycles. The second-order valence-electron chi connectivity index (χ2n) is 9.45. The molecule has 4 nitrogen and oxygen atoms in total. The molecule has 0 N–H and O–H groups in total. The van der Waals surface area contributed by atoms with Crippen LogP contribution in [0.4, 0.5) is 0 Å². The van der Waals surface area contributed by atoms with E-state index in [1.54, 1.807) is 0 Å². The van der Waals surface area contributed by atoms with Crippen LogP contribution in [0.1, 0.15) is 36.8 Å². The Bertz CT molecular complexity index is 794. The Morgan fingerprint density at radius 1 is 0.706 bits per heavy atom. The highest BCUT2D eigenvalue weighted by atomic mass is 16.6. The minimum Gasteiger partial charge on any atom is -0.375 e. The first-order valence-corrected chi connectivity index (χ1v) is 12.5. The van der Waals surface area contributed by atoms with Gasteiger partial charge < -0.3 is 18.9 Å². The quantitative estimate of drug-likeness (QED) is 0.336. The Balaban J connectivity index is 1.28. The lowest BCUT2D eigenvalue weighted by molar-refractivity contribution is -0.0246. The molecule has 0 aliphatic carbocycles. The summed E-state index contributed by atoms with van der Waals surface area (Å²) in [5.41, 5.74) is 2.38. The summed E-state index contributed by atoms with van der Waals surface area (Å²) in [6, 6.07) is 20.7. The second-order valence-corrected chi connectivity index (χ2v) is 9.45. The highest BCUT2D eigenvalue weighted by Gasteiger charge is 2.41. The van der Waals surface area contributed by atoms with Crippen molar-refractivity contribution in [3.63, 3.8) is 0 Å². The monoisotopic (exact) mass is 462 g/mol. The molecule has 4 heteroatoms. The molecule has 0 aromatic heterocycles. The zero-order valence-corrected chi connectivity index (χ0v) is 20.1. The van der Waals surface area contributed by atoms with E-state index in [4.69, 9.17) is 18.9 Å². The highest BCUT2D eigenvalue weighted by Crippen LogP contribution is 2.36. The van der Waals surface area contributed by atoms with Crippen LogP contribution >= 0.6 is 0 Å². The SMILES string of the molecule is C=CC[C@H](OCc1ccccc1)[C@@H]1CO[C@H]([C@H]2C[C@H]([C@@H](CC=C)OCc3ccccc3)CO2)C1. The molecular weight excluding hydrogens is 424 g/mol. The zero-order valence-electron chi connectivity index (χ0n) is 20.1. The number of hydrogen-bond donors (Lipinski definition) is 0. The predicted molar refractivity (Wildman–Crippen MR) is 135 cm³/mol. The fourth-order valence-electron chi connectivity index (χ4n) is 5.08. The van der Waals surface area contributed by atoms with Crippen molar-refractivity contribution < 1.29 is 18.9 Å². The van der Waals surface area contributed by atoms with Crippen molar-refractivity contribution in [2.75, 3.05) is 13.2 Å². The molecule has 0 unspecified atom stereocenters. The van der Waals surface area contributed by atoms with Gasteiger partial charge in [0.15, 0.2) is 0 Å². The van der Waals surface area contributed by atoms with Crippen LogP contribution in [0.15, 0.2) is 86.0 Å². The number of rotatable bonds is 13. The van der Waals surface area contributed by atoms with E-state index < -0.39 is 0 Å². The van der Waals surface area contributed by atoms with Gasteiger partial charge in [0.25, 0.3) is 0 Å². The second kappa shape index (κ2) is 13.0. The molecule has 0 bridgehead atoms. The molecule has 34 heavy (non-hydrogen) atoms. The topological polar surface area (TPSA) is 36.9 Å². The van der Waals surface area contributed by atoms with E-state index in [0.29, 0.717) is 38.3 Å². The van der Waals surface area contributed by atoms with E-state index in [1.807, 2.05) is 48.6 Å². The Hall–Kier alpha value is -2.24. The molecule has 4 rings (SSSR count). The number of benzene rings is 2. The van der Waals surface area contributed by atoms with Gasteiger partial charge in [0.1, 0.15) is 0 Å². The predicted octanol–water partition coefficient (Wildman–Crippen LogP) is 6.12. The van der Waals surface area contributed by atoms with Crippen LogP contribution in [0, 0.1) is 11.8 Å². The Morgan fingerprint density at radius 3 is 1.50 bits per heavy atom. The van der Waals surface area contributed by atoms with Crippen molar-refractivity contribution in [3.05, 3.63) is 97.1 Å². The van der Waals surface area contributed by atoms with Gasteiger partial charge in [-0.25, -0.2) is 0 Å². The van der Waals surface area contributed by atoms with E-state index in [-0.39, 0.29) is 24.4 Å². The third-order valence-corrected chi connectivity index (χ3v) is 7.00. The summed E-state index contributed by atoms with van der Waals surface area (Å²) < 4.78 is 25.1. The first-order valence-electron chi connectivity index (χ1n) is 12.5. The van der Waals surface area contributed by atoms with E-state index >= 15 is 0 Å². The normalized spacial score (nSPS) is 26.2. The first kappa shape index (κ1) is 24.9. The van der Waals surface area contributed by atoms with Crippen LogP contribution in [-0.2, 0) is 32.2 Å². The average molecular weight is 463 g/mol. The smallest absolute Gasteiger partial charge is 0.0841 e. The molecule has 2 aromatic rings. The molecule has 6 atom stereocenters. The van der Waals surface area contributed by atoms with Crippen LogP contribution in [0.5, 0.6) is 0 Å². The van der Waals surface area contributed by atoms with E-state index in [2.05, 4.69) is 37.4 Å². The third kappa shape index (κ3) is 6.89. The van der Waals surface area contributed by atoms with E-state index in [0.717, 1.165) is 25.7 Å². The lowest BCUT2D eigenvalue weighted by Crippen LogP contribution is -2.28. The third-order valence-electron chi connectivity index (χ3n) is 7.00. The molecule has 2 aliphatic rings. The van der Waals surface area contributed by atoms with Gasteiger partial charge in [-0.05, 0) is 36.8 Å². The van der Waals surface area contributed by atoms with Gasteiger partial charge in [-0.15, -0.1) is 13.2 Å². The van der Waals surface area contributed by atoms with Gasteiger partial charge in [0.2, 0.25) is 0 Å². The Morgan fingerprint density at radius 2 is 1.12 bits per heavy atom. The minimum atomic E-state index is 0.112. The largest absolute Gasteiger partial charge is 0.375 e. The molecule has 0 amide bonds. The van der Waals surface area contributed by atoms with Crippen molar-refractivity contribution in [2.24, 2.45) is 11.8 Å². The molecule has 2 fully saturated rings. The van der Waals surface area contributed by atoms with Gasteiger partial charge in [-0.2, -0.15) is 0 Å². The van der Waals surface area contributed by atoms with Gasteiger partial charge in [-0.1, -0.05) is 72.8 Å². The highest BCUT2D eigenvalue weighted by molar-refractivity contribution is 5.14. The number of ether oxygens (including phenoxy) is 4. The minimum absolute atomic E-state index is 0.112. The summed E-state index contributed by atoms with van der Waals surface area (Å²) in [4.78, 5) is 0. The van der Waals surface area contributed by atoms with Crippen molar-refractivity contribution in [3.8, 4) is 0 Å². The fraction of sp³-hybridized carbons (Fsp3) is 0.467. The van der Waals surface area contributed by atoms with Gasteiger partial charge in [-0.3, -0.25) is 0 Å². The molecule has 0 radical (unpaired) electrons. The maximum atomic E-state index is 6.31. The fourth-order valence-corrected chi connectivity index (χ4v) is 5.08. The first-order chi connectivity index (χ1) is 16.8. The van der Waals surface area contributed by atoms with Crippen LogP contribution in [0.2, 0.25) is 0 Å². The van der Waals surface area contributed by atoms with Crippen molar-refractivity contribution in [1.29, 1.82) is 0 Å². The summed E-state index contributed by atoms with van der Waals surface area (Å²) in [7, 11) is 0. The lowest BCUT2D eigenvalue weighted by Gasteiger charge is -2.23. The summed E-state index contributed by atoms with van der Waals surface area (Å²) >= 11 is 0. The van der Waals surface area contributed by atoms with Crippen LogP contribution in [0.25, 0.3) is 0 Å². The van der Waals surface area contributed by atoms with E-state index in [1.165, 1.54) is 11.1 Å². The van der Waals surface area contributed by atoms with Gasteiger partial charge in [0, 0.05) is 11.8 Å². The average Bonchev–Trinajstić information content (AvgIpc) is 3.56. The van der Waals surface area contributed by atoms with Gasteiger partial charge in [0.05, 0.1) is 50.8 Å². The molecule has 0 spiro atoms. The Labute approximate surface area is 204 Å². The standard InChI is InChI=1S/C30H38O4/c1-3-11-27(31-19-23-13-7-5-8-14-23)25-17-29(33-21-25)30-18-26(22-34-30)28(12-4-2)32-20-24-15-9-6-10-16-24/h3-10,13-16,25-30H,1-2,11-12,17-22H2/t25-,26-,27-,28+,29-,30+/m0/s1. The van der Waals surface area contributed by atoms with Crippen molar-refractivity contribution in [1.82, 2.24) is 0 Å². The molecule has 2 aliphatic heterocycles. The summed E-state index contributed by atoms with van der Waals surface area (Å²) in [5.74, 6) is 0.709. The zero-order chi connectivity index (χ0) is 23.6. The van der Waals surface area contributed by atoms with Gasteiger partial charge >= 0.3 is 0 Å². The molecule has 2 saturated heterocycles. The maximum absolute atomic E-state index is 6.31. The van der Waals surface area contributed by atoms with Crippen LogP contribution in [-0.4, -0.2) is 37.6 Å². The van der Waals surface area contributed by atoms with Crippen LogP contribution < -0.4 is 0 Å². The summed E-state index contributed by atoms with van der Waals surface area (Å²) in [5, 5.41) is 0. The van der Waals surface area contributed by atoms with Crippen molar-refractivity contribution in [2.45, 2.75) is 63.3 Å².